The minimum atomic E-state index is -0.252. The second-order valence-electron chi connectivity index (χ2n) is 3.14. The molecular formula is C9H11N5O2. The van der Waals surface area contributed by atoms with Crippen LogP contribution in [0.2, 0.25) is 0 Å². The molecule has 0 aliphatic rings. The van der Waals surface area contributed by atoms with Crippen molar-refractivity contribution in [3.05, 3.63) is 23.5 Å². The topological polar surface area (TPSA) is 95.7 Å². The first-order valence-electron chi connectivity index (χ1n) is 4.62. The summed E-state index contributed by atoms with van der Waals surface area (Å²) in [4.78, 5) is 18.5. The van der Waals surface area contributed by atoms with Gasteiger partial charge >= 0.3 is 6.01 Å². The van der Waals surface area contributed by atoms with Crippen molar-refractivity contribution in [2.75, 3.05) is 12.4 Å². The van der Waals surface area contributed by atoms with Gasteiger partial charge in [-0.1, -0.05) is 0 Å². The molecule has 2 aromatic rings. The van der Waals surface area contributed by atoms with Gasteiger partial charge in [0.15, 0.2) is 0 Å². The number of aryl methyl sites for hydroxylation is 1. The number of carbonyl (C=O) groups is 1. The molecule has 0 radical (unpaired) electrons. The van der Waals surface area contributed by atoms with Gasteiger partial charge in [-0.25, -0.2) is 5.10 Å². The predicted molar refractivity (Wildman–Crippen MR) is 56.4 cm³/mol. The number of anilines is 1. The average Bonchev–Trinajstić information content (AvgIpc) is 2.86. The Morgan fingerprint density at radius 3 is 2.94 bits per heavy atom. The monoisotopic (exact) mass is 221 g/mol. The molecule has 7 heteroatoms. The van der Waals surface area contributed by atoms with Crippen molar-refractivity contribution in [2.45, 2.75) is 6.92 Å². The first-order chi connectivity index (χ1) is 7.70. The quantitative estimate of drug-likeness (QED) is 0.710. The molecule has 0 unspecified atom stereocenters. The van der Waals surface area contributed by atoms with Gasteiger partial charge in [-0.05, 0) is 13.0 Å². The molecule has 0 atom stereocenters. The third-order valence-corrected chi connectivity index (χ3v) is 2.08. The molecule has 84 valence electrons. The minimum Gasteiger partial charge on any atom is -0.466 e. The molecule has 2 heterocycles. The van der Waals surface area contributed by atoms with Crippen molar-refractivity contribution in [3.8, 4) is 6.01 Å². The third kappa shape index (κ3) is 1.88. The molecule has 2 aromatic heterocycles. The van der Waals surface area contributed by atoms with Crippen LogP contribution in [-0.2, 0) is 0 Å². The molecule has 3 N–H and O–H groups in total. The Morgan fingerprint density at radius 1 is 1.56 bits per heavy atom. The molecule has 0 fully saturated rings. The van der Waals surface area contributed by atoms with E-state index in [1.807, 2.05) is 6.92 Å². The maximum Gasteiger partial charge on any atom is 0.336 e. The second-order valence-corrected chi connectivity index (χ2v) is 3.14. The van der Waals surface area contributed by atoms with Crippen LogP contribution < -0.4 is 10.1 Å². The second kappa shape index (κ2) is 4.05. The van der Waals surface area contributed by atoms with E-state index in [2.05, 4.69) is 25.5 Å². The van der Waals surface area contributed by atoms with Gasteiger partial charge in [0.1, 0.15) is 0 Å². The lowest BCUT2D eigenvalue weighted by Crippen LogP contribution is -2.13. The van der Waals surface area contributed by atoms with Crippen LogP contribution >= 0.6 is 0 Å². The Bertz CT molecular complexity index is 501. The van der Waals surface area contributed by atoms with E-state index in [-0.39, 0.29) is 17.9 Å². The molecular weight excluding hydrogens is 210 g/mol. The van der Waals surface area contributed by atoms with Crippen LogP contribution in [0.15, 0.2) is 12.3 Å². The number of H-pyrrole nitrogens is 2. The summed E-state index contributed by atoms with van der Waals surface area (Å²) < 4.78 is 4.78. The highest BCUT2D eigenvalue weighted by Crippen LogP contribution is 2.09. The largest absolute Gasteiger partial charge is 0.466 e. The summed E-state index contributed by atoms with van der Waals surface area (Å²) in [6.45, 7) is 1.82. The molecule has 0 aliphatic carbocycles. The molecule has 0 aliphatic heterocycles. The van der Waals surface area contributed by atoms with Crippen molar-refractivity contribution in [1.82, 2.24) is 20.2 Å². The minimum absolute atomic E-state index is 0.182. The number of nitrogens with one attached hydrogen (secondary N) is 3. The van der Waals surface area contributed by atoms with Crippen LogP contribution in [0.25, 0.3) is 0 Å². The van der Waals surface area contributed by atoms with Gasteiger partial charge in [-0.2, -0.15) is 4.98 Å². The van der Waals surface area contributed by atoms with Gasteiger partial charge in [0.25, 0.3) is 5.91 Å². The number of amides is 1. The number of aromatic amines is 2. The fourth-order valence-corrected chi connectivity index (χ4v) is 1.27. The van der Waals surface area contributed by atoms with Crippen LogP contribution in [0, 0.1) is 6.92 Å². The lowest BCUT2D eigenvalue weighted by Gasteiger charge is -1.99. The summed E-state index contributed by atoms with van der Waals surface area (Å²) in [5, 5.41) is 8.82. The Kier molecular flexibility index (Phi) is 2.59. The van der Waals surface area contributed by atoms with Crippen molar-refractivity contribution in [3.63, 3.8) is 0 Å². The molecule has 7 nitrogen and oxygen atoms in total. The molecule has 0 saturated carbocycles. The molecule has 16 heavy (non-hydrogen) atoms. The number of hydrogen-bond acceptors (Lipinski definition) is 4. The summed E-state index contributed by atoms with van der Waals surface area (Å²) in [7, 11) is 1.45. The number of ether oxygens (including phenoxy) is 1. The van der Waals surface area contributed by atoms with E-state index in [0.717, 1.165) is 5.69 Å². The van der Waals surface area contributed by atoms with Crippen molar-refractivity contribution in [1.29, 1.82) is 0 Å². The van der Waals surface area contributed by atoms with E-state index < -0.39 is 0 Å². The number of carbonyl (C=O) groups excluding carboxylic acids is 1. The Balaban J connectivity index is 2.11. The van der Waals surface area contributed by atoms with Gasteiger partial charge < -0.3 is 9.72 Å². The van der Waals surface area contributed by atoms with Crippen LogP contribution in [0.4, 0.5) is 5.95 Å². The van der Waals surface area contributed by atoms with E-state index in [0.29, 0.717) is 5.56 Å². The standard InChI is InChI=1S/C9H11N5O2/c1-5-6(3-4-10-5)7(15)11-8-12-9(16-2)14-13-8/h3-4,10H,1-2H3,(H2,11,12,13,14,15). The van der Waals surface area contributed by atoms with E-state index >= 15 is 0 Å². The number of methoxy groups -OCH3 is 1. The number of aromatic nitrogens is 4. The fraction of sp³-hybridized carbons (Fsp3) is 0.222. The summed E-state index contributed by atoms with van der Waals surface area (Å²) in [5.41, 5.74) is 1.36. The van der Waals surface area contributed by atoms with E-state index in [9.17, 15) is 4.79 Å². The molecule has 0 aromatic carbocycles. The van der Waals surface area contributed by atoms with E-state index in [1.165, 1.54) is 7.11 Å². The Labute approximate surface area is 91.2 Å². The van der Waals surface area contributed by atoms with Crippen LogP contribution in [-0.4, -0.2) is 33.2 Å². The molecule has 0 bridgehead atoms. The zero-order valence-corrected chi connectivity index (χ0v) is 8.87. The van der Waals surface area contributed by atoms with Gasteiger partial charge in [-0.15, -0.1) is 5.10 Å². The summed E-state index contributed by atoms with van der Waals surface area (Å²) >= 11 is 0. The predicted octanol–water partition coefficient (Wildman–Crippen LogP) is 0.702. The summed E-state index contributed by atoms with van der Waals surface area (Å²) in [5.74, 6) is 0.00000283. The Hall–Kier alpha value is -2.31. The zero-order valence-electron chi connectivity index (χ0n) is 8.87. The van der Waals surface area contributed by atoms with Crippen molar-refractivity contribution < 1.29 is 9.53 Å². The third-order valence-electron chi connectivity index (χ3n) is 2.08. The van der Waals surface area contributed by atoms with Gasteiger partial charge in [0.2, 0.25) is 5.95 Å². The van der Waals surface area contributed by atoms with E-state index in [4.69, 9.17) is 4.74 Å². The average molecular weight is 221 g/mol. The summed E-state index contributed by atoms with van der Waals surface area (Å²) in [6.07, 6.45) is 1.70. The van der Waals surface area contributed by atoms with Crippen LogP contribution in [0.3, 0.4) is 0 Å². The van der Waals surface area contributed by atoms with Crippen LogP contribution in [0.5, 0.6) is 6.01 Å². The molecule has 1 amide bonds. The number of hydrogen-bond donors (Lipinski definition) is 3. The fourth-order valence-electron chi connectivity index (χ4n) is 1.27. The Morgan fingerprint density at radius 2 is 2.38 bits per heavy atom. The lowest BCUT2D eigenvalue weighted by molar-refractivity contribution is 0.102. The molecule has 0 spiro atoms. The highest BCUT2D eigenvalue weighted by atomic mass is 16.5. The zero-order chi connectivity index (χ0) is 11.5. The maximum atomic E-state index is 11.7. The first kappa shape index (κ1) is 10.2. The van der Waals surface area contributed by atoms with Crippen molar-refractivity contribution >= 4 is 11.9 Å². The lowest BCUT2D eigenvalue weighted by atomic mass is 10.2. The number of nitrogens with zero attached hydrogens (tertiary/aromatic N) is 2. The SMILES string of the molecule is COc1n[nH]c(NC(=O)c2cc[nH]c2C)n1. The molecule has 2 rings (SSSR count). The normalized spacial score (nSPS) is 10.1. The van der Waals surface area contributed by atoms with Gasteiger partial charge in [0.05, 0.1) is 12.7 Å². The van der Waals surface area contributed by atoms with Crippen LogP contribution in [0.1, 0.15) is 16.1 Å². The maximum absolute atomic E-state index is 11.7. The molecule has 0 saturated heterocycles. The summed E-state index contributed by atoms with van der Waals surface area (Å²) in [6, 6.07) is 1.87. The first-order valence-corrected chi connectivity index (χ1v) is 4.62. The highest BCUT2D eigenvalue weighted by Gasteiger charge is 2.12. The van der Waals surface area contributed by atoms with E-state index in [1.54, 1.807) is 12.3 Å². The van der Waals surface area contributed by atoms with Gasteiger partial charge in [-0.3, -0.25) is 10.1 Å². The highest BCUT2D eigenvalue weighted by molar-refractivity contribution is 6.04. The number of rotatable bonds is 3. The van der Waals surface area contributed by atoms with Crippen molar-refractivity contribution in [2.24, 2.45) is 0 Å². The van der Waals surface area contributed by atoms with Gasteiger partial charge in [0, 0.05) is 11.9 Å². The smallest absolute Gasteiger partial charge is 0.336 e.